The second-order valence-corrected chi connectivity index (χ2v) is 8.83. The Bertz CT molecular complexity index is 1020. The number of piperazine rings is 1. The van der Waals surface area contributed by atoms with E-state index in [0.717, 1.165) is 58.5 Å². The minimum atomic E-state index is 0.0537. The molecule has 1 aliphatic heterocycles. The third-order valence-electron chi connectivity index (χ3n) is 6.64. The number of nitrogens with zero attached hydrogens (tertiary/aromatic N) is 4. The zero-order chi connectivity index (χ0) is 21.8. The van der Waals surface area contributed by atoms with Crippen LogP contribution in [0.15, 0.2) is 66.9 Å². The van der Waals surface area contributed by atoms with Crippen molar-refractivity contribution in [2.45, 2.75) is 38.4 Å². The van der Waals surface area contributed by atoms with E-state index in [-0.39, 0.29) is 12.1 Å². The van der Waals surface area contributed by atoms with Crippen molar-refractivity contribution in [1.29, 1.82) is 0 Å². The number of benzene rings is 2. The zero-order valence-electron chi connectivity index (χ0n) is 18.5. The molecule has 2 aliphatic rings. The van der Waals surface area contributed by atoms with Crippen LogP contribution in [-0.4, -0.2) is 51.8 Å². The van der Waals surface area contributed by atoms with Gasteiger partial charge in [-0.1, -0.05) is 60.7 Å². The molecule has 3 aromatic rings. The van der Waals surface area contributed by atoms with E-state index < -0.39 is 0 Å². The molecule has 1 saturated heterocycles. The maximum atomic E-state index is 13.0. The molecule has 2 amide bonds. The van der Waals surface area contributed by atoms with Gasteiger partial charge in [0.1, 0.15) is 0 Å². The molecule has 0 radical (unpaired) electrons. The molecule has 6 heteroatoms. The van der Waals surface area contributed by atoms with E-state index in [1.54, 1.807) is 0 Å². The van der Waals surface area contributed by atoms with Crippen LogP contribution >= 0.6 is 0 Å². The second-order valence-electron chi connectivity index (χ2n) is 8.83. The van der Waals surface area contributed by atoms with Crippen molar-refractivity contribution in [2.75, 3.05) is 26.2 Å². The lowest BCUT2D eigenvalue weighted by molar-refractivity contribution is 0.132. The number of urea groups is 1. The summed E-state index contributed by atoms with van der Waals surface area (Å²) < 4.78 is 2.10. The average Bonchev–Trinajstić information content (AvgIpc) is 3.24. The van der Waals surface area contributed by atoms with Gasteiger partial charge in [0.15, 0.2) is 0 Å². The quantitative estimate of drug-likeness (QED) is 0.671. The highest BCUT2D eigenvalue weighted by Crippen LogP contribution is 2.30. The summed E-state index contributed by atoms with van der Waals surface area (Å²) in [6, 6.07) is 21.1. The number of carbonyl (C=O) groups is 1. The van der Waals surface area contributed by atoms with Crippen molar-refractivity contribution in [3.63, 3.8) is 0 Å². The number of aromatic nitrogens is 2. The van der Waals surface area contributed by atoms with Crippen molar-refractivity contribution < 1.29 is 4.79 Å². The lowest BCUT2D eigenvalue weighted by Crippen LogP contribution is -2.52. The Labute approximate surface area is 189 Å². The number of amides is 2. The third-order valence-corrected chi connectivity index (χ3v) is 6.64. The van der Waals surface area contributed by atoms with Gasteiger partial charge in [0, 0.05) is 44.0 Å². The molecule has 1 aromatic heterocycles. The SMILES string of the molecule is O=C(NC1CCCc2c1cnn2Cc1ccccc1)N1CCN(Cc2ccccc2)CC1. The van der Waals surface area contributed by atoms with E-state index in [1.165, 1.54) is 22.4 Å². The molecule has 0 spiro atoms. The van der Waals surface area contributed by atoms with Gasteiger partial charge in [0.2, 0.25) is 0 Å². The summed E-state index contributed by atoms with van der Waals surface area (Å²) >= 11 is 0. The van der Waals surface area contributed by atoms with Crippen LogP contribution in [-0.2, 0) is 19.5 Å². The highest BCUT2D eigenvalue weighted by molar-refractivity contribution is 5.75. The molecule has 1 fully saturated rings. The summed E-state index contributed by atoms with van der Waals surface area (Å²) in [5.74, 6) is 0. The Morgan fingerprint density at radius 2 is 1.56 bits per heavy atom. The fourth-order valence-corrected chi connectivity index (χ4v) is 4.85. The number of hydrogen-bond acceptors (Lipinski definition) is 3. The van der Waals surface area contributed by atoms with Gasteiger partial charge < -0.3 is 10.2 Å². The number of carbonyl (C=O) groups excluding carboxylic acids is 1. The van der Waals surface area contributed by atoms with Gasteiger partial charge >= 0.3 is 6.03 Å². The summed E-state index contributed by atoms with van der Waals surface area (Å²) in [6.45, 7) is 5.08. The summed E-state index contributed by atoms with van der Waals surface area (Å²) in [5.41, 5.74) is 5.02. The smallest absolute Gasteiger partial charge is 0.317 e. The minimum Gasteiger partial charge on any atom is -0.331 e. The van der Waals surface area contributed by atoms with Gasteiger partial charge in [-0.25, -0.2) is 4.79 Å². The van der Waals surface area contributed by atoms with Gasteiger partial charge in [-0.05, 0) is 30.4 Å². The number of rotatable bonds is 5. The van der Waals surface area contributed by atoms with Crippen LogP contribution in [0.2, 0.25) is 0 Å². The lowest BCUT2D eigenvalue weighted by atomic mass is 9.93. The number of fused-ring (bicyclic) bond motifs is 1. The lowest BCUT2D eigenvalue weighted by Gasteiger charge is -2.36. The van der Waals surface area contributed by atoms with E-state index in [4.69, 9.17) is 0 Å². The molecule has 1 aliphatic carbocycles. The van der Waals surface area contributed by atoms with Crippen LogP contribution in [0.5, 0.6) is 0 Å². The van der Waals surface area contributed by atoms with E-state index in [1.807, 2.05) is 23.2 Å². The van der Waals surface area contributed by atoms with Crippen LogP contribution in [0.4, 0.5) is 4.79 Å². The molecule has 2 heterocycles. The second kappa shape index (κ2) is 9.57. The molecular formula is C26H31N5O. The monoisotopic (exact) mass is 429 g/mol. The third kappa shape index (κ3) is 4.70. The zero-order valence-corrected chi connectivity index (χ0v) is 18.5. The molecule has 6 nitrogen and oxygen atoms in total. The first-order chi connectivity index (χ1) is 15.8. The fourth-order valence-electron chi connectivity index (χ4n) is 4.85. The molecule has 0 bridgehead atoms. The topological polar surface area (TPSA) is 53.4 Å². The Balaban J connectivity index is 1.17. The maximum absolute atomic E-state index is 13.0. The first kappa shape index (κ1) is 20.8. The molecule has 32 heavy (non-hydrogen) atoms. The van der Waals surface area contributed by atoms with E-state index in [9.17, 15) is 4.79 Å². The summed E-state index contributed by atoms with van der Waals surface area (Å²) in [4.78, 5) is 17.4. The van der Waals surface area contributed by atoms with E-state index in [2.05, 4.69) is 68.5 Å². The molecular weight excluding hydrogens is 398 g/mol. The van der Waals surface area contributed by atoms with Crippen LogP contribution in [0.25, 0.3) is 0 Å². The Kier molecular flexibility index (Phi) is 6.21. The predicted octanol–water partition coefficient (Wildman–Crippen LogP) is 3.84. The van der Waals surface area contributed by atoms with Crippen molar-refractivity contribution in [3.8, 4) is 0 Å². The Hall–Kier alpha value is -3.12. The largest absolute Gasteiger partial charge is 0.331 e. The fraction of sp³-hybridized carbons (Fsp3) is 0.385. The standard InChI is InChI=1S/C26H31N5O/c32-26(30-16-14-29(15-17-30)19-21-8-3-1-4-9-21)28-24-12-7-13-25-23(24)18-27-31(25)20-22-10-5-2-6-11-22/h1-6,8-11,18,24H,7,12-17,19-20H2,(H,28,32). The minimum absolute atomic E-state index is 0.0537. The normalized spacial score (nSPS) is 18.9. The van der Waals surface area contributed by atoms with Crippen LogP contribution in [0.3, 0.4) is 0 Å². The van der Waals surface area contributed by atoms with E-state index >= 15 is 0 Å². The molecule has 0 saturated carbocycles. The Morgan fingerprint density at radius 1 is 0.906 bits per heavy atom. The number of hydrogen-bond donors (Lipinski definition) is 1. The summed E-state index contributed by atoms with van der Waals surface area (Å²) in [6.07, 6.45) is 5.03. The first-order valence-corrected chi connectivity index (χ1v) is 11.7. The van der Waals surface area contributed by atoms with Crippen LogP contribution in [0, 0.1) is 0 Å². The van der Waals surface area contributed by atoms with Crippen LogP contribution < -0.4 is 5.32 Å². The van der Waals surface area contributed by atoms with Crippen LogP contribution in [0.1, 0.15) is 41.3 Å². The highest BCUT2D eigenvalue weighted by atomic mass is 16.2. The molecule has 5 rings (SSSR count). The van der Waals surface area contributed by atoms with Gasteiger partial charge in [0.05, 0.1) is 18.8 Å². The average molecular weight is 430 g/mol. The maximum Gasteiger partial charge on any atom is 0.317 e. The van der Waals surface area contributed by atoms with Crippen molar-refractivity contribution in [2.24, 2.45) is 0 Å². The van der Waals surface area contributed by atoms with Crippen molar-refractivity contribution in [1.82, 2.24) is 24.9 Å². The summed E-state index contributed by atoms with van der Waals surface area (Å²) in [5, 5.41) is 7.96. The van der Waals surface area contributed by atoms with Gasteiger partial charge in [-0.3, -0.25) is 9.58 Å². The number of nitrogens with one attached hydrogen (secondary N) is 1. The molecule has 2 aromatic carbocycles. The Morgan fingerprint density at radius 3 is 2.25 bits per heavy atom. The molecule has 1 atom stereocenters. The molecule has 1 unspecified atom stereocenters. The van der Waals surface area contributed by atoms with Gasteiger partial charge in [-0.15, -0.1) is 0 Å². The predicted molar refractivity (Wildman–Crippen MR) is 125 cm³/mol. The van der Waals surface area contributed by atoms with Gasteiger partial charge in [0.25, 0.3) is 0 Å². The first-order valence-electron chi connectivity index (χ1n) is 11.7. The molecule has 1 N–H and O–H groups in total. The van der Waals surface area contributed by atoms with Crippen molar-refractivity contribution in [3.05, 3.63) is 89.2 Å². The van der Waals surface area contributed by atoms with Crippen molar-refractivity contribution >= 4 is 6.03 Å². The van der Waals surface area contributed by atoms with Gasteiger partial charge in [-0.2, -0.15) is 5.10 Å². The summed E-state index contributed by atoms with van der Waals surface area (Å²) in [7, 11) is 0. The molecule has 166 valence electrons. The highest BCUT2D eigenvalue weighted by Gasteiger charge is 2.28. The van der Waals surface area contributed by atoms with E-state index in [0.29, 0.717) is 0 Å².